The number of hydrogen-bond acceptors (Lipinski definition) is 4. The van der Waals surface area contributed by atoms with E-state index in [0.29, 0.717) is 36.4 Å². The van der Waals surface area contributed by atoms with Crippen LogP contribution in [-0.4, -0.2) is 0 Å². The molecule has 0 aliphatic heterocycles. The van der Waals surface area contributed by atoms with E-state index in [9.17, 15) is 44.1 Å². The molecule has 0 bridgehead atoms. The Kier molecular flexibility index (Phi) is 7.03. The van der Waals surface area contributed by atoms with E-state index in [1.54, 1.807) is 0 Å². The van der Waals surface area contributed by atoms with Crippen molar-refractivity contribution in [2.24, 2.45) is 0 Å². The summed E-state index contributed by atoms with van der Waals surface area (Å²) in [5.74, 6) is -3.63. The third kappa shape index (κ3) is 6.41. The van der Waals surface area contributed by atoms with Crippen molar-refractivity contribution in [1.29, 1.82) is 0 Å². The van der Waals surface area contributed by atoms with Gasteiger partial charge in [0.05, 0.1) is 16.7 Å². The van der Waals surface area contributed by atoms with Crippen LogP contribution in [0.15, 0.2) is 72.8 Å². The summed E-state index contributed by atoms with van der Waals surface area (Å²) in [7, 11) is -5.67. The van der Waals surface area contributed by atoms with Gasteiger partial charge in [-0.05, 0) is 36.4 Å². The standard InChI is InChI=1S/C21H12F9O4P/c22-19(23,24)13-7-1-4-10-16(13)32-35(31,33-17-11-5-2-8-14(17)20(25,26)27)34-18-12-6-3-9-15(18)21(28,29)30/h1-12H. The van der Waals surface area contributed by atoms with Gasteiger partial charge >= 0.3 is 26.4 Å². The predicted octanol–water partition coefficient (Wildman–Crippen LogP) is 8.39. The zero-order valence-electron chi connectivity index (χ0n) is 16.9. The second kappa shape index (κ2) is 9.37. The maximum atomic E-state index is 13.4. The second-order valence-electron chi connectivity index (χ2n) is 6.70. The molecule has 14 heteroatoms. The molecule has 3 rings (SSSR count). The van der Waals surface area contributed by atoms with Crippen molar-refractivity contribution in [3.05, 3.63) is 89.5 Å². The SMILES string of the molecule is O=P(Oc1ccccc1C(F)(F)F)(Oc1ccccc1C(F)(F)F)Oc1ccccc1C(F)(F)F. The summed E-state index contributed by atoms with van der Waals surface area (Å²) >= 11 is 0. The average Bonchev–Trinajstić information content (AvgIpc) is 2.72. The molecule has 0 fully saturated rings. The fourth-order valence-corrected chi connectivity index (χ4v) is 4.07. The smallest absolute Gasteiger partial charge is 0.385 e. The first-order valence-electron chi connectivity index (χ1n) is 9.28. The normalized spacial score (nSPS) is 12.8. The van der Waals surface area contributed by atoms with E-state index in [0.717, 1.165) is 36.4 Å². The molecule has 3 aromatic rings. The quantitative estimate of drug-likeness (QED) is 0.237. The summed E-state index contributed by atoms with van der Waals surface area (Å²) in [4.78, 5) is 0. The van der Waals surface area contributed by atoms with Gasteiger partial charge in [0.1, 0.15) is 17.2 Å². The van der Waals surface area contributed by atoms with Crippen molar-refractivity contribution >= 4 is 7.82 Å². The number of halogens is 9. The molecule has 4 nitrogen and oxygen atoms in total. The lowest BCUT2D eigenvalue weighted by molar-refractivity contribution is -0.138. The molecule has 0 heterocycles. The zero-order chi connectivity index (χ0) is 26.1. The van der Waals surface area contributed by atoms with E-state index >= 15 is 0 Å². The van der Waals surface area contributed by atoms with Crippen LogP contribution in [0.2, 0.25) is 0 Å². The Morgan fingerprint density at radius 1 is 0.457 bits per heavy atom. The van der Waals surface area contributed by atoms with Gasteiger partial charge in [-0.25, -0.2) is 0 Å². The molecule has 0 aromatic heterocycles. The molecule has 0 amide bonds. The fourth-order valence-electron chi connectivity index (χ4n) is 2.76. The van der Waals surface area contributed by atoms with E-state index in [1.807, 2.05) is 0 Å². The number of phosphoric ester groups is 1. The first-order valence-corrected chi connectivity index (χ1v) is 10.7. The highest BCUT2D eigenvalue weighted by Crippen LogP contribution is 2.55. The highest BCUT2D eigenvalue weighted by molar-refractivity contribution is 7.49. The molecule has 0 saturated heterocycles. The fraction of sp³-hybridized carbons (Fsp3) is 0.143. The van der Waals surface area contributed by atoms with Crippen LogP contribution in [0, 0.1) is 0 Å². The molecule has 188 valence electrons. The molecule has 0 aliphatic rings. The largest absolute Gasteiger partial charge is 0.647 e. The molecule has 0 N–H and O–H groups in total. The molecular formula is C21H12F9O4P. The van der Waals surface area contributed by atoms with Crippen LogP contribution < -0.4 is 13.6 Å². The molecular weight excluding hydrogens is 518 g/mol. The molecule has 3 aromatic carbocycles. The molecule has 35 heavy (non-hydrogen) atoms. The van der Waals surface area contributed by atoms with Crippen LogP contribution in [0.3, 0.4) is 0 Å². The lowest BCUT2D eigenvalue weighted by Crippen LogP contribution is -2.15. The van der Waals surface area contributed by atoms with Gasteiger partial charge in [0, 0.05) is 0 Å². The maximum absolute atomic E-state index is 13.4. The van der Waals surface area contributed by atoms with Crippen molar-refractivity contribution in [2.45, 2.75) is 18.5 Å². The van der Waals surface area contributed by atoms with E-state index in [2.05, 4.69) is 0 Å². The Balaban J connectivity index is 2.14. The average molecular weight is 530 g/mol. The van der Waals surface area contributed by atoms with Gasteiger partial charge in [0.2, 0.25) is 0 Å². The number of rotatable bonds is 6. The minimum absolute atomic E-state index is 0.493. The lowest BCUT2D eigenvalue weighted by atomic mass is 10.2. The third-order valence-electron chi connectivity index (χ3n) is 4.21. The molecule has 0 radical (unpaired) electrons. The van der Waals surface area contributed by atoms with E-state index < -0.39 is 60.3 Å². The van der Waals surface area contributed by atoms with Gasteiger partial charge in [-0.15, -0.1) is 0 Å². The Labute approximate surface area is 191 Å². The Hall–Kier alpha value is -3.34. The van der Waals surface area contributed by atoms with Gasteiger partial charge in [0.25, 0.3) is 0 Å². The number of benzene rings is 3. The molecule has 0 aliphatic carbocycles. The van der Waals surface area contributed by atoms with E-state index in [4.69, 9.17) is 13.6 Å². The highest BCUT2D eigenvalue weighted by atomic mass is 31.2. The number of para-hydroxylation sites is 3. The summed E-state index contributed by atoms with van der Waals surface area (Å²) in [6.07, 6.45) is -15.3. The van der Waals surface area contributed by atoms with Crippen molar-refractivity contribution < 1.29 is 57.7 Å². The summed E-state index contributed by atoms with van der Waals surface area (Å²) in [6.45, 7) is 0. The number of phosphoric acid groups is 1. The molecule has 0 unspecified atom stereocenters. The van der Waals surface area contributed by atoms with E-state index in [-0.39, 0.29) is 0 Å². The highest BCUT2D eigenvalue weighted by Gasteiger charge is 2.44. The third-order valence-corrected chi connectivity index (χ3v) is 5.47. The molecule has 0 saturated carbocycles. The monoisotopic (exact) mass is 530 g/mol. The Bertz CT molecular complexity index is 1090. The zero-order valence-corrected chi connectivity index (χ0v) is 17.8. The number of hydrogen-bond donors (Lipinski definition) is 0. The van der Waals surface area contributed by atoms with Crippen molar-refractivity contribution in [3.8, 4) is 17.2 Å². The van der Waals surface area contributed by atoms with Crippen LogP contribution in [0.4, 0.5) is 39.5 Å². The van der Waals surface area contributed by atoms with E-state index in [1.165, 1.54) is 0 Å². The minimum atomic E-state index is -5.67. The van der Waals surface area contributed by atoms with Gasteiger partial charge in [-0.3, -0.25) is 0 Å². The van der Waals surface area contributed by atoms with Crippen LogP contribution >= 0.6 is 7.82 Å². The van der Waals surface area contributed by atoms with Gasteiger partial charge < -0.3 is 13.6 Å². The first kappa shape index (κ1) is 26.3. The summed E-state index contributed by atoms with van der Waals surface area (Å²) in [5, 5.41) is 0. The Morgan fingerprint density at radius 3 is 0.914 bits per heavy atom. The van der Waals surface area contributed by atoms with Crippen molar-refractivity contribution in [1.82, 2.24) is 0 Å². The Morgan fingerprint density at radius 2 is 0.686 bits per heavy atom. The van der Waals surface area contributed by atoms with Gasteiger partial charge in [-0.1, -0.05) is 36.4 Å². The number of alkyl halides is 9. The van der Waals surface area contributed by atoms with Crippen molar-refractivity contribution in [2.75, 3.05) is 0 Å². The van der Waals surface area contributed by atoms with Crippen LogP contribution in [0.1, 0.15) is 16.7 Å². The topological polar surface area (TPSA) is 44.8 Å². The minimum Gasteiger partial charge on any atom is -0.385 e. The van der Waals surface area contributed by atoms with Gasteiger partial charge in [0.15, 0.2) is 0 Å². The summed E-state index contributed by atoms with van der Waals surface area (Å²) in [5.41, 5.74) is -4.58. The maximum Gasteiger partial charge on any atom is 0.647 e. The summed E-state index contributed by atoms with van der Waals surface area (Å²) < 4.78 is 148. The second-order valence-corrected chi connectivity index (χ2v) is 8.14. The van der Waals surface area contributed by atoms with Crippen LogP contribution in [-0.2, 0) is 23.1 Å². The van der Waals surface area contributed by atoms with Gasteiger partial charge in [-0.2, -0.15) is 44.1 Å². The van der Waals surface area contributed by atoms with Crippen LogP contribution in [0.25, 0.3) is 0 Å². The molecule has 0 atom stereocenters. The summed E-state index contributed by atoms with van der Waals surface area (Å²) in [6, 6.07) is 9.22. The first-order chi connectivity index (χ1) is 16.1. The van der Waals surface area contributed by atoms with Crippen LogP contribution in [0.5, 0.6) is 17.2 Å². The lowest BCUT2D eigenvalue weighted by Gasteiger charge is -2.23. The predicted molar refractivity (Wildman–Crippen MR) is 104 cm³/mol. The van der Waals surface area contributed by atoms with Crippen molar-refractivity contribution in [3.63, 3.8) is 0 Å². The molecule has 0 spiro atoms.